The molecule has 2 aromatic rings. The number of amides is 1. The van der Waals surface area contributed by atoms with Crippen molar-refractivity contribution in [1.82, 2.24) is 14.9 Å². The minimum absolute atomic E-state index is 0.0659. The van der Waals surface area contributed by atoms with E-state index in [0.29, 0.717) is 6.42 Å². The molecule has 0 unspecified atom stereocenters. The zero-order valence-electron chi connectivity index (χ0n) is 15.7. The fourth-order valence-electron chi connectivity index (χ4n) is 3.21. The van der Waals surface area contributed by atoms with Gasteiger partial charge in [-0.25, -0.2) is 14.4 Å². The lowest BCUT2D eigenvalue weighted by atomic mass is 9.98. The van der Waals surface area contributed by atoms with Crippen LogP contribution >= 0.6 is 0 Å². The molecular weight excluding hydrogens is 378 g/mol. The fraction of sp³-hybridized carbons (Fsp3) is 0.300. The van der Waals surface area contributed by atoms with Crippen molar-refractivity contribution in [3.8, 4) is 0 Å². The third kappa shape index (κ3) is 5.01. The SMILES string of the molecule is COC(=O)[C@@H](NC(=O)OCc1ccccc1)[C@@H]1C=C[C@H](n2ccc(=O)[nH]c2=O)C1. The maximum atomic E-state index is 12.2. The average molecular weight is 399 g/mol. The molecule has 29 heavy (non-hydrogen) atoms. The highest BCUT2D eigenvalue weighted by molar-refractivity contribution is 5.82. The number of nitrogens with one attached hydrogen (secondary N) is 2. The van der Waals surface area contributed by atoms with E-state index in [2.05, 4.69) is 10.3 Å². The van der Waals surface area contributed by atoms with E-state index in [-0.39, 0.29) is 12.6 Å². The number of aromatic amines is 1. The Kier molecular flexibility index (Phi) is 6.28. The van der Waals surface area contributed by atoms with Gasteiger partial charge in [0.15, 0.2) is 0 Å². The van der Waals surface area contributed by atoms with E-state index in [1.807, 2.05) is 30.3 Å². The Morgan fingerprint density at radius 3 is 2.66 bits per heavy atom. The van der Waals surface area contributed by atoms with E-state index in [1.54, 1.807) is 12.2 Å². The lowest BCUT2D eigenvalue weighted by Crippen LogP contribution is -2.46. The first-order valence-corrected chi connectivity index (χ1v) is 9.03. The molecule has 3 rings (SSSR count). The van der Waals surface area contributed by atoms with Gasteiger partial charge in [0.2, 0.25) is 0 Å². The maximum absolute atomic E-state index is 12.2. The summed E-state index contributed by atoms with van der Waals surface area (Å²) in [6, 6.07) is 9.06. The van der Waals surface area contributed by atoms with E-state index in [0.717, 1.165) is 5.56 Å². The Labute approximate surface area is 166 Å². The Morgan fingerprint density at radius 1 is 1.21 bits per heavy atom. The number of hydrogen-bond donors (Lipinski definition) is 2. The minimum Gasteiger partial charge on any atom is -0.467 e. The topological polar surface area (TPSA) is 119 Å². The number of esters is 1. The van der Waals surface area contributed by atoms with E-state index in [4.69, 9.17) is 9.47 Å². The van der Waals surface area contributed by atoms with Crippen molar-refractivity contribution in [1.29, 1.82) is 0 Å². The number of rotatable bonds is 6. The predicted octanol–water partition coefficient (Wildman–Crippen LogP) is 1.12. The second kappa shape index (κ2) is 9.05. The molecule has 1 aliphatic carbocycles. The van der Waals surface area contributed by atoms with E-state index < -0.39 is 35.3 Å². The second-order valence-electron chi connectivity index (χ2n) is 6.58. The molecule has 0 saturated carbocycles. The highest BCUT2D eigenvalue weighted by Gasteiger charge is 2.34. The highest BCUT2D eigenvalue weighted by Crippen LogP contribution is 2.29. The van der Waals surface area contributed by atoms with Crippen molar-refractivity contribution >= 4 is 12.1 Å². The number of nitrogens with zero attached hydrogens (tertiary/aromatic N) is 1. The van der Waals surface area contributed by atoms with Crippen LogP contribution in [0.15, 0.2) is 64.3 Å². The molecule has 0 spiro atoms. The molecule has 3 atom stereocenters. The Balaban J connectivity index is 1.65. The van der Waals surface area contributed by atoms with Crippen LogP contribution in [0, 0.1) is 5.92 Å². The Bertz CT molecular complexity index is 1010. The molecule has 9 nitrogen and oxygen atoms in total. The van der Waals surface area contributed by atoms with Gasteiger partial charge < -0.3 is 14.8 Å². The van der Waals surface area contributed by atoms with Crippen molar-refractivity contribution < 1.29 is 19.1 Å². The number of alkyl carbamates (subject to hydrolysis) is 1. The standard InChI is InChI=1S/C20H21N3O6/c1-28-18(25)17(22-20(27)29-12-13-5-3-2-4-6-13)14-7-8-15(11-14)23-10-9-16(24)21-19(23)26/h2-10,14-15,17H,11-12H2,1H3,(H,22,27)(H,21,24,26)/t14-,15+,17+/m1/s1. The molecule has 1 aromatic carbocycles. The number of aromatic nitrogens is 2. The van der Waals surface area contributed by atoms with Crippen LogP contribution in [0.3, 0.4) is 0 Å². The van der Waals surface area contributed by atoms with Crippen LogP contribution in [-0.2, 0) is 20.9 Å². The molecule has 152 valence electrons. The fourth-order valence-corrected chi connectivity index (χ4v) is 3.21. The van der Waals surface area contributed by atoms with Gasteiger partial charge in [-0.15, -0.1) is 0 Å². The van der Waals surface area contributed by atoms with E-state index in [1.165, 1.54) is 23.9 Å². The summed E-state index contributed by atoms with van der Waals surface area (Å²) in [4.78, 5) is 49.8. The third-order valence-electron chi connectivity index (χ3n) is 4.67. The average Bonchev–Trinajstić information content (AvgIpc) is 3.20. The van der Waals surface area contributed by atoms with Gasteiger partial charge in [0.25, 0.3) is 5.56 Å². The lowest BCUT2D eigenvalue weighted by molar-refractivity contribution is -0.144. The minimum atomic E-state index is -0.969. The van der Waals surface area contributed by atoms with Crippen molar-refractivity contribution in [2.75, 3.05) is 7.11 Å². The molecule has 0 radical (unpaired) electrons. The van der Waals surface area contributed by atoms with Gasteiger partial charge in [-0.2, -0.15) is 0 Å². The van der Waals surface area contributed by atoms with Gasteiger partial charge in [0.1, 0.15) is 12.6 Å². The van der Waals surface area contributed by atoms with Gasteiger partial charge in [-0.05, 0) is 12.0 Å². The molecule has 1 aliphatic rings. The molecular formula is C20H21N3O6. The predicted molar refractivity (Wildman–Crippen MR) is 103 cm³/mol. The summed E-state index contributed by atoms with van der Waals surface area (Å²) in [7, 11) is 1.23. The van der Waals surface area contributed by atoms with Crippen LogP contribution in [0.5, 0.6) is 0 Å². The first-order chi connectivity index (χ1) is 14.0. The van der Waals surface area contributed by atoms with Crippen LogP contribution in [-0.4, -0.2) is 34.8 Å². The quantitative estimate of drug-likeness (QED) is 0.555. The molecule has 1 aromatic heterocycles. The number of carbonyl (C=O) groups is 2. The highest BCUT2D eigenvalue weighted by atomic mass is 16.6. The van der Waals surface area contributed by atoms with Crippen LogP contribution in [0.1, 0.15) is 18.0 Å². The molecule has 1 heterocycles. The molecule has 0 aliphatic heterocycles. The van der Waals surface area contributed by atoms with Crippen molar-refractivity contribution in [2.45, 2.75) is 25.1 Å². The zero-order chi connectivity index (χ0) is 20.8. The molecule has 0 bridgehead atoms. The Hall–Kier alpha value is -3.62. The first-order valence-electron chi connectivity index (χ1n) is 9.03. The van der Waals surface area contributed by atoms with E-state index >= 15 is 0 Å². The third-order valence-corrected chi connectivity index (χ3v) is 4.67. The summed E-state index contributed by atoms with van der Waals surface area (Å²) in [5.41, 5.74) is -0.215. The van der Waals surface area contributed by atoms with Gasteiger partial charge in [0, 0.05) is 18.2 Å². The van der Waals surface area contributed by atoms with Gasteiger partial charge in [-0.3, -0.25) is 14.3 Å². The summed E-state index contributed by atoms with van der Waals surface area (Å²) in [5, 5.41) is 2.54. The molecule has 1 amide bonds. The summed E-state index contributed by atoms with van der Waals surface area (Å²) >= 11 is 0. The van der Waals surface area contributed by atoms with Gasteiger partial charge >= 0.3 is 17.8 Å². The summed E-state index contributed by atoms with van der Waals surface area (Å²) < 4.78 is 11.4. The normalized spacial score (nSPS) is 18.8. The largest absolute Gasteiger partial charge is 0.467 e. The van der Waals surface area contributed by atoms with Gasteiger partial charge in [-0.1, -0.05) is 42.5 Å². The monoisotopic (exact) mass is 399 g/mol. The lowest BCUT2D eigenvalue weighted by Gasteiger charge is -2.22. The number of allylic oxidation sites excluding steroid dienone is 1. The molecule has 0 fully saturated rings. The number of H-pyrrole nitrogens is 1. The number of carbonyl (C=O) groups excluding carboxylic acids is 2. The zero-order valence-corrected chi connectivity index (χ0v) is 15.7. The van der Waals surface area contributed by atoms with Crippen LogP contribution < -0.4 is 16.6 Å². The smallest absolute Gasteiger partial charge is 0.408 e. The summed E-state index contributed by atoms with van der Waals surface area (Å²) in [5.74, 6) is -1.03. The number of hydrogen-bond acceptors (Lipinski definition) is 6. The Morgan fingerprint density at radius 2 is 1.97 bits per heavy atom. The van der Waals surface area contributed by atoms with E-state index in [9.17, 15) is 19.2 Å². The summed E-state index contributed by atoms with van der Waals surface area (Å²) in [6.07, 6.45) is 4.50. The summed E-state index contributed by atoms with van der Waals surface area (Å²) in [6.45, 7) is 0.0659. The van der Waals surface area contributed by atoms with Crippen molar-refractivity contribution in [3.05, 3.63) is 81.1 Å². The molecule has 0 saturated heterocycles. The van der Waals surface area contributed by atoms with Crippen LogP contribution in [0.25, 0.3) is 0 Å². The van der Waals surface area contributed by atoms with Crippen LogP contribution in [0.2, 0.25) is 0 Å². The van der Waals surface area contributed by atoms with Crippen molar-refractivity contribution in [3.63, 3.8) is 0 Å². The van der Waals surface area contributed by atoms with Crippen LogP contribution in [0.4, 0.5) is 4.79 Å². The second-order valence-corrected chi connectivity index (χ2v) is 6.58. The van der Waals surface area contributed by atoms with Crippen molar-refractivity contribution in [2.24, 2.45) is 5.92 Å². The number of ether oxygens (including phenoxy) is 2. The number of methoxy groups -OCH3 is 1. The maximum Gasteiger partial charge on any atom is 0.408 e. The molecule has 2 N–H and O–H groups in total. The number of benzene rings is 1. The van der Waals surface area contributed by atoms with Gasteiger partial charge in [0.05, 0.1) is 13.2 Å². The first kappa shape index (κ1) is 20.1. The molecule has 9 heteroatoms.